The van der Waals surface area contributed by atoms with Gasteiger partial charge in [0.1, 0.15) is 0 Å². The zero-order chi connectivity index (χ0) is 18.8. The molecule has 0 radical (unpaired) electrons. The van der Waals surface area contributed by atoms with Crippen molar-refractivity contribution >= 4 is 17.7 Å². The lowest BCUT2D eigenvalue weighted by molar-refractivity contribution is -0.122. The maximum absolute atomic E-state index is 12.5. The minimum absolute atomic E-state index is 0.114. The lowest BCUT2D eigenvalue weighted by atomic mass is 10.0. The van der Waals surface area contributed by atoms with E-state index in [4.69, 9.17) is 0 Å². The van der Waals surface area contributed by atoms with Gasteiger partial charge in [-0.1, -0.05) is 48.5 Å². The topological polar surface area (TPSA) is 87.3 Å². The van der Waals surface area contributed by atoms with E-state index in [2.05, 4.69) is 16.0 Å². The Morgan fingerprint density at radius 2 is 1.42 bits per heavy atom. The zero-order valence-electron chi connectivity index (χ0n) is 14.7. The molecule has 0 aromatic heterocycles. The summed E-state index contributed by atoms with van der Waals surface area (Å²) in [5, 5.41) is 8.28. The molecular weight excluding hydrogens is 330 g/mol. The van der Waals surface area contributed by atoms with Gasteiger partial charge < -0.3 is 16.0 Å². The Morgan fingerprint density at radius 3 is 2.04 bits per heavy atom. The number of carbonyl (C=O) groups excluding carboxylic acids is 3. The number of amides is 3. The molecule has 0 bridgehead atoms. The molecule has 1 unspecified atom stereocenters. The van der Waals surface area contributed by atoms with Crippen LogP contribution in [0.2, 0.25) is 0 Å². The van der Waals surface area contributed by atoms with Crippen LogP contribution in [0.5, 0.6) is 0 Å². The van der Waals surface area contributed by atoms with Crippen LogP contribution in [0.3, 0.4) is 0 Å². The summed E-state index contributed by atoms with van der Waals surface area (Å²) < 4.78 is 0. The van der Waals surface area contributed by atoms with E-state index in [9.17, 15) is 14.4 Å². The molecule has 3 amide bonds. The lowest BCUT2D eigenvalue weighted by Gasteiger charge is -2.19. The molecule has 0 spiro atoms. The molecule has 6 nitrogen and oxygen atoms in total. The number of nitrogens with one attached hydrogen (secondary N) is 3. The van der Waals surface area contributed by atoms with Crippen molar-refractivity contribution in [2.75, 3.05) is 13.1 Å². The predicted octanol–water partition coefficient (Wildman–Crippen LogP) is 1.80. The van der Waals surface area contributed by atoms with Crippen LogP contribution in [0, 0.1) is 0 Å². The van der Waals surface area contributed by atoms with E-state index in [-0.39, 0.29) is 24.1 Å². The third kappa shape index (κ3) is 6.39. The van der Waals surface area contributed by atoms with Crippen LogP contribution in [-0.2, 0) is 9.59 Å². The zero-order valence-corrected chi connectivity index (χ0v) is 14.7. The van der Waals surface area contributed by atoms with Crippen LogP contribution in [0.1, 0.15) is 35.3 Å². The smallest absolute Gasteiger partial charge is 0.251 e. The first kappa shape index (κ1) is 19.2. The van der Waals surface area contributed by atoms with E-state index in [1.54, 1.807) is 24.3 Å². The van der Waals surface area contributed by atoms with E-state index in [1.807, 2.05) is 36.4 Å². The van der Waals surface area contributed by atoms with Gasteiger partial charge in [0.2, 0.25) is 11.8 Å². The SMILES string of the molecule is CC(=O)NCCNC(=O)CC(NC(=O)c1ccccc1)c1ccccc1. The monoisotopic (exact) mass is 353 g/mol. The number of rotatable bonds is 8. The third-order valence-corrected chi connectivity index (χ3v) is 3.75. The molecule has 0 saturated carbocycles. The molecule has 0 aliphatic heterocycles. The maximum Gasteiger partial charge on any atom is 0.251 e. The summed E-state index contributed by atoms with van der Waals surface area (Å²) in [6, 6.07) is 17.8. The molecule has 26 heavy (non-hydrogen) atoms. The highest BCUT2D eigenvalue weighted by molar-refractivity contribution is 5.94. The van der Waals surface area contributed by atoms with E-state index >= 15 is 0 Å². The molecular formula is C20H23N3O3. The first-order chi connectivity index (χ1) is 12.6. The molecule has 0 aliphatic carbocycles. The van der Waals surface area contributed by atoms with Crippen LogP contribution >= 0.6 is 0 Å². The molecule has 2 rings (SSSR count). The van der Waals surface area contributed by atoms with Crippen molar-refractivity contribution in [3.63, 3.8) is 0 Å². The van der Waals surface area contributed by atoms with Gasteiger partial charge in [-0.3, -0.25) is 14.4 Å². The number of benzene rings is 2. The van der Waals surface area contributed by atoms with Gasteiger partial charge in [-0.05, 0) is 17.7 Å². The quantitative estimate of drug-likeness (QED) is 0.633. The largest absolute Gasteiger partial charge is 0.355 e. The fraction of sp³-hybridized carbons (Fsp3) is 0.250. The van der Waals surface area contributed by atoms with Crippen LogP contribution in [0.25, 0.3) is 0 Å². The Bertz CT molecular complexity index is 732. The number of carbonyl (C=O) groups is 3. The Morgan fingerprint density at radius 1 is 0.846 bits per heavy atom. The van der Waals surface area contributed by atoms with Gasteiger partial charge in [0.15, 0.2) is 0 Å². The van der Waals surface area contributed by atoms with E-state index in [0.717, 1.165) is 5.56 Å². The summed E-state index contributed by atoms with van der Waals surface area (Å²) >= 11 is 0. The second kappa shape index (κ2) is 9.98. The summed E-state index contributed by atoms with van der Waals surface area (Å²) in [5.41, 5.74) is 1.40. The molecule has 0 saturated heterocycles. The molecule has 2 aromatic rings. The standard InChI is InChI=1S/C20H23N3O3/c1-15(24)21-12-13-22-19(25)14-18(16-8-4-2-5-9-16)23-20(26)17-10-6-3-7-11-17/h2-11,18H,12-14H2,1H3,(H,21,24)(H,22,25)(H,23,26). The summed E-state index contributed by atoms with van der Waals surface area (Å²) in [6.07, 6.45) is 0.114. The highest BCUT2D eigenvalue weighted by Gasteiger charge is 2.19. The first-order valence-corrected chi connectivity index (χ1v) is 8.48. The van der Waals surface area contributed by atoms with Crippen LogP contribution in [0.4, 0.5) is 0 Å². The Balaban J connectivity index is 1.99. The van der Waals surface area contributed by atoms with Crippen molar-refractivity contribution in [1.82, 2.24) is 16.0 Å². The van der Waals surface area contributed by atoms with Gasteiger partial charge in [-0.15, -0.1) is 0 Å². The van der Waals surface area contributed by atoms with Crippen molar-refractivity contribution in [3.05, 3.63) is 71.8 Å². The molecule has 1 atom stereocenters. The van der Waals surface area contributed by atoms with E-state index in [0.29, 0.717) is 18.7 Å². The summed E-state index contributed by atoms with van der Waals surface area (Å²) in [5.74, 6) is -0.570. The Labute approximate surface area is 153 Å². The molecule has 0 heterocycles. The summed E-state index contributed by atoms with van der Waals surface area (Å²) in [4.78, 5) is 35.5. The maximum atomic E-state index is 12.5. The van der Waals surface area contributed by atoms with Crippen LogP contribution in [-0.4, -0.2) is 30.8 Å². The van der Waals surface area contributed by atoms with Crippen molar-refractivity contribution < 1.29 is 14.4 Å². The molecule has 6 heteroatoms. The van der Waals surface area contributed by atoms with Gasteiger partial charge in [-0.25, -0.2) is 0 Å². The average Bonchev–Trinajstić information content (AvgIpc) is 2.66. The second-order valence-corrected chi connectivity index (χ2v) is 5.84. The Hall–Kier alpha value is -3.15. The Kier molecular flexibility index (Phi) is 7.36. The normalized spacial score (nSPS) is 11.3. The summed E-state index contributed by atoms with van der Waals surface area (Å²) in [6.45, 7) is 2.13. The van der Waals surface area contributed by atoms with Crippen molar-refractivity contribution in [1.29, 1.82) is 0 Å². The van der Waals surface area contributed by atoms with Gasteiger partial charge >= 0.3 is 0 Å². The van der Waals surface area contributed by atoms with E-state index < -0.39 is 6.04 Å². The third-order valence-electron chi connectivity index (χ3n) is 3.75. The molecule has 0 aliphatic rings. The minimum atomic E-state index is -0.440. The number of hydrogen-bond acceptors (Lipinski definition) is 3. The van der Waals surface area contributed by atoms with Crippen molar-refractivity contribution in [2.24, 2.45) is 0 Å². The summed E-state index contributed by atoms with van der Waals surface area (Å²) in [7, 11) is 0. The molecule has 136 valence electrons. The van der Waals surface area contributed by atoms with Gasteiger partial charge in [-0.2, -0.15) is 0 Å². The first-order valence-electron chi connectivity index (χ1n) is 8.48. The molecule has 0 fully saturated rings. The van der Waals surface area contributed by atoms with Crippen LogP contribution < -0.4 is 16.0 Å². The fourth-order valence-electron chi connectivity index (χ4n) is 2.47. The predicted molar refractivity (Wildman–Crippen MR) is 99.4 cm³/mol. The van der Waals surface area contributed by atoms with E-state index in [1.165, 1.54) is 6.92 Å². The minimum Gasteiger partial charge on any atom is -0.355 e. The van der Waals surface area contributed by atoms with Crippen molar-refractivity contribution in [3.8, 4) is 0 Å². The van der Waals surface area contributed by atoms with Crippen LogP contribution in [0.15, 0.2) is 60.7 Å². The molecule has 3 N–H and O–H groups in total. The van der Waals surface area contributed by atoms with Gasteiger partial charge in [0, 0.05) is 25.6 Å². The number of hydrogen-bond donors (Lipinski definition) is 3. The van der Waals surface area contributed by atoms with Gasteiger partial charge in [0.25, 0.3) is 5.91 Å². The van der Waals surface area contributed by atoms with Crippen molar-refractivity contribution in [2.45, 2.75) is 19.4 Å². The highest BCUT2D eigenvalue weighted by Crippen LogP contribution is 2.17. The second-order valence-electron chi connectivity index (χ2n) is 5.84. The fourth-order valence-corrected chi connectivity index (χ4v) is 2.47. The molecule has 2 aromatic carbocycles. The van der Waals surface area contributed by atoms with Gasteiger partial charge in [0.05, 0.1) is 12.5 Å². The average molecular weight is 353 g/mol. The lowest BCUT2D eigenvalue weighted by Crippen LogP contribution is -2.37. The highest BCUT2D eigenvalue weighted by atomic mass is 16.2.